The molecule has 0 atom stereocenters. The van der Waals surface area contributed by atoms with Gasteiger partial charge in [-0.3, -0.25) is 0 Å². The zero-order chi connectivity index (χ0) is 13.4. The van der Waals surface area contributed by atoms with Gasteiger partial charge in [-0.1, -0.05) is 6.92 Å². The van der Waals surface area contributed by atoms with E-state index in [1.807, 2.05) is 6.92 Å². The van der Waals surface area contributed by atoms with Crippen molar-refractivity contribution in [1.29, 1.82) is 0 Å². The molecule has 4 nitrogen and oxygen atoms in total. The van der Waals surface area contributed by atoms with Crippen molar-refractivity contribution in [2.24, 2.45) is 0 Å². The number of ether oxygens (including phenoxy) is 1. The average molecular weight is 271 g/mol. The molecule has 1 aromatic heterocycles. The van der Waals surface area contributed by atoms with Crippen LogP contribution in [0.3, 0.4) is 0 Å². The third kappa shape index (κ3) is 4.55. The molecule has 0 saturated carbocycles. The highest BCUT2D eigenvalue weighted by Gasteiger charge is 2.12. The first kappa shape index (κ1) is 15.4. The highest BCUT2D eigenvalue weighted by Crippen LogP contribution is 2.25. The van der Waals surface area contributed by atoms with Crippen LogP contribution in [0.2, 0.25) is 0 Å². The molecule has 0 saturated heterocycles. The third-order valence-corrected chi connectivity index (χ3v) is 4.00. The number of aromatic nitrogens is 1. The van der Waals surface area contributed by atoms with E-state index in [1.54, 1.807) is 11.3 Å². The van der Waals surface area contributed by atoms with Crippen molar-refractivity contribution in [3.05, 3.63) is 10.6 Å². The van der Waals surface area contributed by atoms with E-state index in [4.69, 9.17) is 4.74 Å². The predicted molar refractivity (Wildman–Crippen MR) is 78.6 cm³/mol. The molecule has 1 N–H and O–H groups in total. The molecule has 0 amide bonds. The topological polar surface area (TPSA) is 37.4 Å². The van der Waals surface area contributed by atoms with Crippen molar-refractivity contribution in [2.75, 3.05) is 37.7 Å². The van der Waals surface area contributed by atoms with E-state index >= 15 is 0 Å². The second-order valence-electron chi connectivity index (χ2n) is 4.06. The van der Waals surface area contributed by atoms with E-state index in [9.17, 15) is 0 Å². The fourth-order valence-corrected chi connectivity index (χ4v) is 2.78. The molecule has 104 valence electrons. The fourth-order valence-electron chi connectivity index (χ4n) is 1.66. The van der Waals surface area contributed by atoms with E-state index in [0.29, 0.717) is 0 Å². The summed E-state index contributed by atoms with van der Waals surface area (Å²) in [5, 5.41) is 4.47. The van der Waals surface area contributed by atoms with Gasteiger partial charge in [0.25, 0.3) is 0 Å². The lowest BCUT2D eigenvalue weighted by molar-refractivity contribution is 0.154. The van der Waals surface area contributed by atoms with Crippen molar-refractivity contribution in [3.63, 3.8) is 0 Å². The molecule has 1 heterocycles. The number of hydrogen-bond donors (Lipinski definition) is 1. The van der Waals surface area contributed by atoms with Gasteiger partial charge in [0.2, 0.25) is 0 Å². The molecule has 1 aromatic rings. The lowest BCUT2D eigenvalue weighted by Gasteiger charge is -2.19. The number of likely N-dealkylation sites (N-methyl/N-ethyl adjacent to an activating group) is 1. The van der Waals surface area contributed by atoms with Crippen molar-refractivity contribution in [2.45, 2.75) is 34.2 Å². The Morgan fingerprint density at radius 2 is 2.11 bits per heavy atom. The first-order chi connectivity index (χ1) is 8.72. The average Bonchev–Trinajstić information content (AvgIpc) is 2.73. The molecule has 0 spiro atoms. The maximum absolute atomic E-state index is 5.41. The van der Waals surface area contributed by atoms with E-state index < -0.39 is 0 Å². The first-order valence-corrected chi connectivity index (χ1v) is 7.54. The molecule has 5 heteroatoms. The zero-order valence-electron chi connectivity index (χ0n) is 12.0. The normalized spacial score (nSPS) is 10.9. The largest absolute Gasteiger partial charge is 0.380 e. The van der Waals surface area contributed by atoms with Crippen LogP contribution < -0.4 is 10.2 Å². The number of rotatable bonds is 9. The van der Waals surface area contributed by atoms with Crippen LogP contribution in [-0.2, 0) is 11.3 Å². The summed E-state index contributed by atoms with van der Waals surface area (Å²) < 4.78 is 5.41. The number of thiazole rings is 1. The maximum Gasteiger partial charge on any atom is 0.185 e. The third-order valence-electron chi connectivity index (χ3n) is 2.78. The standard InChI is InChI=1S/C13H25N3OS/c1-5-14-10-12-11(4)15-13(18-12)16(6-2)8-9-17-7-3/h14H,5-10H2,1-4H3. The minimum absolute atomic E-state index is 0.769. The molecule has 0 aliphatic carbocycles. The van der Waals surface area contributed by atoms with Gasteiger partial charge in [0.1, 0.15) is 0 Å². The Hall–Kier alpha value is -0.650. The van der Waals surface area contributed by atoms with Crippen LogP contribution in [-0.4, -0.2) is 37.8 Å². The number of nitrogens with one attached hydrogen (secondary N) is 1. The van der Waals surface area contributed by atoms with Crippen LogP contribution in [0.5, 0.6) is 0 Å². The maximum atomic E-state index is 5.41. The molecular weight excluding hydrogens is 246 g/mol. The van der Waals surface area contributed by atoms with Gasteiger partial charge in [0.15, 0.2) is 5.13 Å². The van der Waals surface area contributed by atoms with Crippen molar-refractivity contribution in [3.8, 4) is 0 Å². The van der Waals surface area contributed by atoms with Gasteiger partial charge in [0, 0.05) is 31.1 Å². The first-order valence-electron chi connectivity index (χ1n) is 6.72. The Balaban J connectivity index is 2.62. The number of aryl methyl sites for hydroxylation is 1. The van der Waals surface area contributed by atoms with Crippen LogP contribution in [0.25, 0.3) is 0 Å². The lowest BCUT2D eigenvalue weighted by Crippen LogP contribution is -2.27. The van der Waals surface area contributed by atoms with Crippen molar-refractivity contribution < 1.29 is 4.74 Å². The molecule has 0 aliphatic rings. The molecule has 0 unspecified atom stereocenters. The van der Waals surface area contributed by atoms with E-state index in [1.165, 1.54) is 4.88 Å². The van der Waals surface area contributed by atoms with Crippen LogP contribution in [0.15, 0.2) is 0 Å². The van der Waals surface area contributed by atoms with Crippen LogP contribution in [0.1, 0.15) is 31.3 Å². The highest BCUT2D eigenvalue weighted by atomic mass is 32.1. The quantitative estimate of drug-likeness (QED) is 0.700. The Kier molecular flexibility index (Phi) is 7.23. The van der Waals surface area contributed by atoms with E-state index in [0.717, 1.165) is 50.2 Å². The molecular formula is C13H25N3OS. The molecule has 0 fully saturated rings. The van der Waals surface area contributed by atoms with E-state index in [-0.39, 0.29) is 0 Å². The zero-order valence-corrected chi connectivity index (χ0v) is 12.8. The second kappa shape index (κ2) is 8.45. The van der Waals surface area contributed by atoms with Gasteiger partial charge in [-0.15, -0.1) is 11.3 Å². The van der Waals surface area contributed by atoms with Gasteiger partial charge < -0.3 is 15.0 Å². The summed E-state index contributed by atoms with van der Waals surface area (Å²) in [5.74, 6) is 0. The smallest absolute Gasteiger partial charge is 0.185 e. The Morgan fingerprint density at radius 1 is 1.33 bits per heavy atom. The minimum atomic E-state index is 0.769. The van der Waals surface area contributed by atoms with Crippen LogP contribution in [0.4, 0.5) is 5.13 Å². The summed E-state index contributed by atoms with van der Waals surface area (Å²) in [5.41, 5.74) is 1.14. The molecule has 0 bridgehead atoms. The highest BCUT2D eigenvalue weighted by molar-refractivity contribution is 7.15. The molecule has 0 aromatic carbocycles. The number of hydrogen-bond acceptors (Lipinski definition) is 5. The Morgan fingerprint density at radius 3 is 2.72 bits per heavy atom. The van der Waals surface area contributed by atoms with E-state index in [2.05, 4.69) is 36.0 Å². The summed E-state index contributed by atoms with van der Waals surface area (Å²) in [7, 11) is 0. The molecule has 1 rings (SSSR count). The van der Waals surface area contributed by atoms with Gasteiger partial charge in [-0.05, 0) is 27.3 Å². The van der Waals surface area contributed by atoms with Gasteiger partial charge in [-0.2, -0.15) is 0 Å². The fraction of sp³-hybridized carbons (Fsp3) is 0.769. The Labute approximate surface area is 114 Å². The molecule has 18 heavy (non-hydrogen) atoms. The number of anilines is 1. The monoisotopic (exact) mass is 271 g/mol. The van der Waals surface area contributed by atoms with Gasteiger partial charge in [-0.25, -0.2) is 4.98 Å². The second-order valence-corrected chi connectivity index (χ2v) is 5.12. The SMILES string of the molecule is CCNCc1sc(N(CC)CCOCC)nc1C. The van der Waals surface area contributed by atoms with Crippen molar-refractivity contribution >= 4 is 16.5 Å². The molecule has 0 radical (unpaired) electrons. The summed E-state index contributed by atoms with van der Waals surface area (Å²) in [6.07, 6.45) is 0. The lowest BCUT2D eigenvalue weighted by atomic mass is 10.4. The minimum Gasteiger partial charge on any atom is -0.380 e. The summed E-state index contributed by atoms with van der Waals surface area (Å²) in [6.45, 7) is 13.7. The molecule has 0 aliphatic heterocycles. The van der Waals surface area contributed by atoms with Gasteiger partial charge in [0.05, 0.1) is 12.3 Å². The summed E-state index contributed by atoms with van der Waals surface area (Å²) >= 11 is 1.79. The number of nitrogens with zero attached hydrogens (tertiary/aromatic N) is 2. The Bertz CT molecular complexity index is 341. The summed E-state index contributed by atoms with van der Waals surface area (Å²) in [4.78, 5) is 8.28. The van der Waals surface area contributed by atoms with Crippen molar-refractivity contribution in [1.82, 2.24) is 10.3 Å². The van der Waals surface area contributed by atoms with Crippen LogP contribution in [0, 0.1) is 6.92 Å². The summed E-state index contributed by atoms with van der Waals surface area (Å²) in [6, 6.07) is 0. The predicted octanol–water partition coefficient (Wildman–Crippen LogP) is 2.42. The van der Waals surface area contributed by atoms with Gasteiger partial charge >= 0.3 is 0 Å². The van der Waals surface area contributed by atoms with Crippen LogP contribution >= 0.6 is 11.3 Å².